The van der Waals surface area contributed by atoms with Crippen molar-refractivity contribution in [2.24, 2.45) is 0 Å². The number of ketones is 1. The fourth-order valence-corrected chi connectivity index (χ4v) is 3.56. The standard InChI is InChI=1S/C19H21FN4O2S/c1-10(25)7-8-15(26)16-17-18(22-12(3)27-17)24-19(23-16)21-11(2)13-5-4-6-14(20)9-13/h4-6,9-11,25H,7-8H2,1-3H3,(H,21,23,24)/t10-,11-/m0/s1. The first kappa shape index (κ1) is 19.3. The smallest absolute Gasteiger partial charge is 0.225 e. The van der Waals surface area contributed by atoms with Crippen LogP contribution in [0.5, 0.6) is 0 Å². The maximum absolute atomic E-state index is 13.5. The average Bonchev–Trinajstić information content (AvgIpc) is 2.98. The van der Waals surface area contributed by atoms with E-state index < -0.39 is 6.10 Å². The Bertz CT molecular complexity index is 973. The van der Waals surface area contributed by atoms with Gasteiger partial charge in [-0.2, -0.15) is 4.98 Å². The number of halogens is 1. The highest BCUT2D eigenvalue weighted by atomic mass is 32.1. The first-order chi connectivity index (χ1) is 12.8. The van der Waals surface area contributed by atoms with Gasteiger partial charge in [0.25, 0.3) is 0 Å². The van der Waals surface area contributed by atoms with E-state index in [9.17, 15) is 14.3 Å². The van der Waals surface area contributed by atoms with Crippen LogP contribution in [0.1, 0.15) is 53.8 Å². The topological polar surface area (TPSA) is 88.0 Å². The molecule has 2 N–H and O–H groups in total. The highest BCUT2D eigenvalue weighted by Crippen LogP contribution is 2.27. The number of aliphatic hydroxyl groups is 1. The summed E-state index contributed by atoms with van der Waals surface area (Å²) in [5.74, 6) is -0.208. The summed E-state index contributed by atoms with van der Waals surface area (Å²) >= 11 is 1.37. The van der Waals surface area contributed by atoms with E-state index in [0.717, 1.165) is 10.6 Å². The predicted octanol–water partition coefficient (Wildman–Crippen LogP) is 4.05. The Morgan fingerprint density at radius 2 is 2.07 bits per heavy atom. The normalized spacial score (nSPS) is 13.5. The lowest BCUT2D eigenvalue weighted by molar-refractivity contribution is 0.0946. The van der Waals surface area contributed by atoms with Crippen LogP contribution in [0.15, 0.2) is 24.3 Å². The molecule has 3 aromatic rings. The molecule has 0 fully saturated rings. The number of carbonyl (C=O) groups excluding carboxylic acids is 1. The summed E-state index contributed by atoms with van der Waals surface area (Å²) in [6.07, 6.45) is 0.00422. The lowest BCUT2D eigenvalue weighted by Crippen LogP contribution is -2.13. The molecular weight excluding hydrogens is 367 g/mol. The number of Topliss-reactive ketones (excluding diaryl/α,β-unsaturated/α-hetero) is 1. The SMILES string of the molecule is Cc1nc2nc(N[C@@H](C)c3cccc(F)c3)nc(C(=O)CC[C@H](C)O)c2s1. The van der Waals surface area contributed by atoms with Crippen LogP contribution in [-0.4, -0.2) is 31.9 Å². The van der Waals surface area contributed by atoms with Crippen LogP contribution in [0.2, 0.25) is 0 Å². The van der Waals surface area contributed by atoms with Crippen molar-refractivity contribution in [2.75, 3.05) is 5.32 Å². The molecular formula is C19H21FN4O2S. The zero-order chi connectivity index (χ0) is 19.6. The summed E-state index contributed by atoms with van der Waals surface area (Å²) in [5, 5.41) is 13.4. The Labute approximate surface area is 160 Å². The highest BCUT2D eigenvalue weighted by Gasteiger charge is 2.19. The molecule has 0 aliphatic carbocycles. The van der Waals surface area contributed by atoms with E-state index in [1.54, 1.807) is 19.1 Å². The molecule has 142 valence electrons. The molecule has 0 aliphatic rings. The minimum atomic E-state index is -0.555. The van der Waals surface area contributed by atoms with Gasteiger partial charge in [0.05, 0.1) is 17.2 Å². The lowest BCUT2D eigenvalue weighted by Gasteiger charge is -2.15. The molecule has 6 nitrogen and oxygen atoms in total. The molecule has 0 aliphatic heterocycles. The Balaban J connectivity index is 1.92. The quantitative estimate of drug-likeness (QED) is 0.594. The van der Waals surface area contributed by atoms with Crippen LogP contribution in [0, 0.1) is 12.7 Å². The Kier molecular flexibility index (Phi) is 5.76. The molecule has 2 aromatic heterocycles. The summed E-state index contributed by atoms with van der Waals surface area (Å²) in [5.41, 5.74) is 1.51. The molecule has 0 amide bonds. The fraction of sp³-hybridized carbons (Fsp3) is 0.368. The van der Waals surface area contributed by atoms with Crippen molar-refractivity contribution in [1.82, 2.24) is 15.0 Å². The molecule has 1 aromatic carbocycles. The number of aryl methyl sites for hydroxylation is 1. The van der Waals surface area contributed by atoms with E-state index in [2.05, 4.69) is 20.3 Å². The van der Waals surface area contributed by atoms with Gasteiger partial charge < -0.3 is 10.4 Å². The Morgan fingerprint density at radius 3 is 2.78 bits per heavy atom. The number of hydrogen-bond acceptors (Lipinski definition) is 7. The number of anilines is 1. The molecule has 27 heavy (non-hydrogen) atoms. The maximum Gasteiger partial charge on any atom is 0.225 e. The number of hydrogen-bond donors (Lipinski definition) is 2. The van der Waals surface area contributed by atoms with E-state index in [-0.39, 0.29) is 30.0 Å². The molecule has 0 unspecified atom stereocenters. The van der Waals surface area contributed by atoms with Crippen LogP contribution < -0.4 is 5.32 Å². The van der Waals surface area contributed by atoms with Gasteiger partial charge in [-0.1, -0.05) is 12.1 Å². The summed E-state index contributed by atoms with van der Waals surface area (Å²) in [6.45, 7) is 5.36. The van der Waals surface area contributed by atoms with E-state index in [0.29, 0.717) is 22.5 Å². The van der Waals surface area contributed by atoms with Crippen LogP contribution in [0.3, 0.4) is 0 Å². The summed E-state index contributed by atoms with van der Waals surface area (Å²) in [7, 11) is 0. The van der Waals surface area contributed by atoms with Gasteiger partial charge in [-0.05, 0) is 44.9 Å². The molecule has 2 heterocycles. The number of aromatic nitrogens is 3. The molecule has 8 heteroatoms. The van der Waals surface area contributed by atoms with Crippen LogP contribution in [0.25, 0.3) is 10.3 Å². The highest BCUT2D eigenvalue weighted by molar-refractivity contribution is 7.18. The summed E-state index contributed by atoms with van der Waals surface area (Å²) in [4.78, 5) is 25.8. The number of aliphatic hydroxyl groups excluding tert-OH is 1. The average molecular weight is 388 g/mol. The minimum Gasteiger partial charge on any atom is -0.393 e. The number of thiazole rings is 1. The van der Waals surface area contributed by atoms with Gasteiger partial charge in [-0.3, -0.25) is 4.79 Å². The fourth-order valence-electron chi connectivity index (χ4n) is 2.69. The maximum atomic E-state index is 13.5. The van der Waals surface area contributed by atoms with Crippen molar-refractivity contribution < 1.29 is 14.3 Å². The molecule has 0 bridgehead atoms. The number of nitrogens with one attached hydrogen (secondary N) is 1. The van der Waals surface area contributed by atoms with E-state index in [1.165, 1.54) is 23.5 Å². The molecule has 0 spiro atoms. The molecule has 2 atom stereocenters. The second kappa shape index (κ2) is 8.06. The molecule has 0 saturated carbocycles. The third-order valence-corrected chi connectivity index (χ3v) is 5.08. The van der Waals surface area contributed by atoms with Crippen LogP contribution in [-0.2, 0) is 0 Å². The first-order valence-corrected chi connectivity index (χ1v) is 9.53. The first-order valence-electron chi connectivity index (χ1n) is 8.72. The molecule has 3 rings (SSSR count). The van der Waals surface area contributed by atoms with Gasteiger partial charge in [0, 0.05) is 6.42 Å². The second-order valence-corrected chi connectivity index (χ2v) is 7.72. The van der Waals surface area contributed by atoms with E-state index in [4.69, 9.17) is 0 Å². The van der Waals surface area contributed by atoms with Crippen LogP contribution >= 0.6 is 11.3 Å². The minimum absolute atomic E-state index is 0.159. The van der Waals surface area contributed by atoms with Crippen molar-refractivity contribution in [2.45, 2.75) is 45.8 Å². The number of benzene rings is 1. The second-order valence-electron chi connectivity index (χ2n) is 6.51. The Hall–Kier alpha value is -2.45. The third kappa shape index (κ3) is 4.64. The number of nitrogens with zero attached hydrogens (tertiary/aromatic N) is 3. The zero-order valence-electron chi connectivity index (χ0n) is 15.4. The van der Waals surface area contributed by atoms with Gasteiger partial charge in [0.2, 0.25) is 5.95 Å². The van der Waals surface area contributed by atoms with Crippen molar-refractivity contribution in [3.8, 4) is 0 Å². The molecule has 0 radical (unpaired) electrons. The van der Waals surface area contributed by atoms with Crippen molar-refractivity contribution >= 4 is 33.4 Å². The zero-order valence-corrected chi connectivity index (χ0v) is 16.2. The number of fused-ring (bicyclic) bond motifs is 1. The van der Waals surface area contributed by atoms with Gasteiger partial charge in [0.15, 0.2) is 11.4 Å². The van der Waals surface area contributed by atoms with Crippen LogP contribution in [0.4, 0.5) is 10.3 Å². The van der Waals surface area contributed by atoms with E-state index >= 15 is 0 Å². The number of rotatable bonds is 7. The monoisotopic (exact) mass is 388 g/mol. The lowest BCUT2D eigenvalue weighted by atomic mass is 10.1. The Morgan fingerprint density at radius 1 is 1.30 bits per heavy atom. The largest absolute Gasteiger partial charge is 0.393 e. The van der Waals surface area contributed by atoms with Crippen molar-refractivity contribution in [3.63, 3.8) is 0 Å². The van der Waals surface area contributed by atoms with Gasteiger partial charge >= 0.3 is 0 Å². The summed E-state index contributed by atoms with van der Waals surface area (Å²) < 4.78 is 14.1. The van der Waals surface area contributed by atoms with Gasteiger partial charge in [-0.15, -0.1) is 11.3 Å². The third-order valence-electron chi connectivity index (χ3n) is 4.11. The van der Waals surface area contributed by atoms with Crippen molar-refractivity contribution in [3.05, 3.63) is 46.3 Å². The van der Waals surface area contributed by atoms with Crippen molar-refractivity contribution in [1.29, 1.82) is 0 Å². The predicted molar refractivity (Wildman–Crippen MR) is 104 cm³/mol. The van der Waals surface area contributed by atoms with Gasteiger partial charge in [0.1, 0.15) is 16.2 Å². The molecule has 0 saturated heterocycles. The van der Waals surface area contributed by atoms with Gasteiger partial charge in [-0.25, -0.2) is 14.4 Å². The summed E-state index contributed by atoms with van der Waals surface area (Å²) in [6, 6.07) is 6.02. The number of carbonyl (C=O) groups is 1. The van der Waals surface area contributed by atoms with E-state index in [1.807, 2.05) is 13.8 Å².